The van der Waals surface area contributed by atoms with Gasteiger partial charge in [0.2, 0.25) is 0 Å². The maximum Gasteiger partial charge on any atom is 0.0449 e. The molecule has 0 bridgehead atoms. The topological polar surface area (TPSA) is 0 Å². The van der Waals surface area contributed by atoms with Crippen molar-refractivity contribution in [2.75, 3.05) is 0 Å². The molecule has 0 N–H and O–H groups in total. The first-order chi connectivity index (χ1) is 35.6. The molecule has 0 atom stereocenters. The highest BCUT2D eigenvalue weighted by atomic mass is 32.1. The van der Waals surface area contributed by atoms with Crippen LogP contribution in [0.15, 0.2) is 204 Å². The maximum absolute atomic E-state index is 2.40. The van der Waals surface area contributed by atoms with Crippen LogP contribution in [0.4, 0.5) is 0 Å². The molecule has 14 aromatic rings. The lowest BCUT2D eigenvalue weighted by atomic mass is 10.0. The van der Waals surface area contributed by atoms with E-state index in [1.54, 1.807) is 45.3 Å². The number of hydrogen-bond acceptors (Lipinski definition) is 12. The fraction of sp³-hybridized carbons (Fsp3) is 0. The molecular weight excluding hydrogens is 1110 g/mol. The highest BCUT2D eigenvalue weighted by Gasteiger charge is 2.18. The quantitative estimate of drug-likeness (QED) is 0.108. The van der Waals surface area contributed by atoms with Crippen LogP contribution < -0.4 is 0 Å². The average Bonchev–Trinajstić information content (AvgIpc) is 4.24. The van der Waals surface area contributed by atoms with Crippen LogP contribution in [0.2, 0.25) is 0 Å². The fourth-order valence-electron chi connectivity index (χ4n) is 8.74. The summed E-state index contributed by atoms with van der Waals surface area (Å²) in [5.41, 5.74) is 7.59. The lowest BCUT2D eigenvalue weighted by molar-refractivity contribution is 1.67. The second-order valence-electron chi connectivity index (χ2n) is 16.8. The van der Waals surface area contributed by atoms with Gasteiger partial charge in [-0.15, -0.1) is 136 Å². The first-order valence-corrected chi connectivity index (χ1v) is 32.9. The average molecular weight is 1140 g/mol. The van der Waals surface area contributed by atoms with E-state index in [0.717, 1.165) is 0 Å². The summed E-state index contributed by atoms with van der Waals surface area (Å²) in [5, 5.41) is 8.65. The first kappa shape index (κ1) is 45.5. The number of hydrogen-bond donors (Lipinski definition) is 0. The fourth-order valence-corrected chi connectivity index (χ4v) is 20.3. The summed E-state index contributed by atoms with van der Waals surface area (Å²) in [6.07, 6.45) is 0. The molecular formula is C60H34S12. The molecule has 0 unspecified atom stereocenters. The summed E-state index contributed by atoms with van der Waals surface area (Å²) in [6, 6.07) is 68.6. The molecule has 12 heterocycles. The Morgan fingerprint density at radius 1 is 0.153 bits per heavy atom. The van der Waals surface area contributed by atoms with Gasteiger partial charge in [0.25, 0.3) is 0 Å². The molecule has 0 aliphatic rings. The van der Waals surface area contributed by atoms with Gasteiger partial charge in [-0.25, -0.2) is 0 Å². The van der Waals surface area contributed by atoms with Crippen LogP contribution in [-0.2, 0) is 0 Å². The van der Waals surface area contributed by atoms with Crippen molar-refractivity contribution in [2.45, 2.75) is 0 Å². The molecule has 12 heteroatoms. The van der Waals surface area contributed by atoms with E-state index >= 15 is 0 Å². The van der Waals surface area contributed by atoms with E-state index in [2.05, 4.69) is 204 Å². The zero-order valence-electron chi connectivity index (χ0n) is 37.5. The summed E-state index contributed by atoms with van der Waals surface area (Å²) in [6.45, 7) is 0. The van der Waals surface area contributed by atoms with E-state index in [1.807, 2.05) is 90.7 Å². The third-order valence-corrected chi connectivity index (χ3v) is 26.0. The zero-order valence-corrected chi connectivity index (χ0v) is 47.3. The lowest BCUT2D eigenvalue weighted by Crippen LogP contribution is -1.81. The third kappa shape index (κ3) is 9.05. The molecule has 0 spiro atoms. The first-order valence-electron chi connectivity index (χ1n) is 22.8. The Morgan fingerprint density at radius 3 is 0.472 bits per heavy atom. The van der Waals surface area contributed by atoms with Gasteiger partial charge in [-0.05, 0) is 213 Å². The van der Waals surface area contributed by atoms with Crippen LogP contribution in [0.25, 0.3) is 131 Å². The van der Waals surface area contributed by atoms with Crippen molar-refractivity contribution in [1.82, 2.24) is 0 Å². The minimum Gasteiger partial charge on any atom is -0.143 e. The van der Waals surface area contributed by atoms with E-state index in [-0.39, 0.29) is 0 Å². The summed E-state index contributed by atoms with van der Waals surface area (Å²) in [4.78, 5) is 26.2. The predicted molar refractivity (Wildman–Crippen MR) is 332 cm³/mol. The van der Waals surface area contributed by atoms with Gasteiger partial charge in [0.15, 0.2) is 0 Å². The molecule has 14 rings (SSSR count). The molecule has 12 aromatic heterocycles. The number of rotatable bonds is 13. The normalized spacial score (nSPS) is 11.6. The molecule has 0 aliphatic carbocycles. The monoisotopic (exact) mass is 1140 g/mol. The SMILES string of the molecule is c1csc(-c2ccc(-c3cc(-c4ccc(-c5cccs5)s4)cc(-c4ccc(-c5ccc(-c6ccc(-c7ccc(-c8cc(-c9ccc(-c%10cccs%10)s9)cc(-c9ccc(-c%10cccs%10)s9)c8)s7)s6)s5)s4)c3)s2)c1. The van der Waals surface area contributed by atoms with Crippen molar-refractivity contribution in [3.63, 3.8) is 0 Å². The van der Waals surface area contributed by atoms with Crippen molar-refractivity contribution >= 4 is 136 Å². The van der Waals surface area contributed by atoms with Crippen molar-refractivity contribution in [3.05, 3.63) is 204 Å². The molecule has 0 nitrogen and oxygen atoms in total. The van der Waals surface area contributed by atoms with Gasteiger partial charge in [0.05, 0.1) is 0 Å². The largest absolute Gasteiger partial charge is 0.143 e. The van der Waals surface area contributed by atoms with Gasteiger partial charge >= 0.3 is 0 Å². The Kier molecular flexibility index (Phi) is 12.4. The molecule has 0 saturated heterocycles. The van der Waals surface area contributed by atoms with Crippen molar-refractivity contribution in [3.8, 4) is 131 Å². The van der Waals surface area contributed by atoms with Gasteiger partial charge in [-0.3, -0.25) is 0 Å². The van der Waals surface area contributed by atoms with Gasteiger partial charge < -0.3 is 0 Å². The Hall–Kier alpha value is -5.16. The van der Waals surface area contributed by atoms with Gasteiger partial charge in [0, 0.05) is 97.5 Å². The standard InChI is InChI=1S/C60H34S12/c1-5-47(61-25-1)51-15-9-41(65-51)35-29-36(42-10-16-52(66-42)48-6-2-26-62-48)32-39(31-35)45-13-19-55(69-45)57-21-23-59(71-57)60-24-22-58(72-60)56-20-14-46(70-56)40-33-37(43-11-17-53(67-43)49-7-3-27-63-49)30-38(34-40)44-12-18-54(68-44)50-8-4-28-64-50/h1-34H. The molecule has 72 heavy (non-hydrogen) atoms. The van der Waals surface area contributed by atoms with E-state index in [4.69, 9.17) is 0 Å². The Bertz CT molecular complexity index is 3650. The van der Waals surface area contributed by atoms with Crippen LogP contribution >= 0.6 is 136 Å². The third-order valence-electron chi connectivity index (χ3n) is 12.2. The summed E-state index contributed by atoms with van der Waals surface area (Å²) in [5.74, 6) is 0. The molecule has 0 radical (unpaired) electrons. The van der Waals surface area contributed by atoms with Crippen LogP contribution in [-0.4, -0.2) is 0 Å². The Labute approximate surface area is 465 Å². The smallest absolute Gasteiger partial charge is 0.0449 e. The highest BCUT2D eigenvalue weighted by molar-refractivity contribution is 7.30. The Balaban J connectivity index is 0.743. The van der Waals surface area contributed by atoms with Crippen LogP contribution in [0.3, 0.4) is 0 Å². The Morgan fingerprint density at radius 2 is 0.306 bits per heavy atom. The summed E-state index contributed by atoms with van der Waals surface area (Å²) in [7, 11) is 0. The highest BCUT2D eigenvalue weighted by Crippen LogP contribution is 2.49. The lowest BCUT2D eigenvalue weighted by Gasteiger charge is -2.07. The van der Waals surface area contributed by atoms with E-state index in [9.17, 15) is 0 Å². The second kappa shape index (κ2) is 19.6. The van der Waals surface area contributed by atoms with Crippen LogP contribution in [0.5, 0.6) is 0 Å². The van der Waals surface area contributed by atoms with E-state index < -0.39 is 0 Å². The summed E-state index contributed by atoms with van der Waals surface area (Å²) < 4.78 is 0. The van der Waals surface area contributed by atoms with E-state index in [1.165, 1.54) is 131 Å². The zero-order chi connectivity index (χ0) is 47.5. The van der Waals surface area contributed by atoms with Crippen molar-refractivity contribution < 1.29 is 0 Å². The number of benzene rings is 2. The molecule has 346 valence electrons. The maximum atomic E-state index is 2.40. The van der Waals surface area contributed by atoms with Gasteiger partial charge in [0.1, 0.15) is 0 Å². The second-order valence-corrected chi connectivity index (χ2v) is 29.3. The van der Waals surface area contributed by atoms with Crippen LogP contribution in [0.1, 0.15) is 0 Å². The van der Waals surface area contributed by atoms with E-state index in [0.29, 0.717) is 0 Å². The van der Waals surface area contributed by atoms with Crippen LogP contribution in [0, 0.1) is 0 Å². The minimum atomic E-state index is 1.26. The molecule has 2 aromatic carbocycles. The molecule has 0 fully saturated rings. The molecule has 0 aliphatic heterocycles. The van der Waals surface area contributed by atoms with Gasteiger partial charge in [-0.2, -0.15) is 0 Å². The predicted octanol–water partition coefficient (Wildman–Crippen LogP) is 24.1. The minimum absolute atomic E-state index is 1.26. The van der Waals surface area contributed by atoms with Crippen molar-refractivity contribution in [1.29, 1.82) is 0 Å². The molecule has 0 amide bonds. The molecule has 0 saturated carbocycles. The summed E-state index contributed by atoms with van der Waals surface area (Å²) >= 11 is 22.3. The van der Waals surface area contributed by atoms with Gasteiger partial charge in [-0.1, -0.05) is 24.3 Å². The van der Waals surface area contributed by atoms with Crippen molar-refractivity contribution in [2.24, 2.45) is 0 Å². The number of thiophene rings is 12.